The molecule has 2 amide bonds. The molecule has 1 aromatic carbocycles. The third kappa shape index (κ3) is 1.46. The Morgan fingerprint density at radius 2 is 1.75 bits per heavy atom. The van der Waals surface area contributed by atoms with E-state index in [9.17, 15) is 9.59 Å². The van der Waals surface area contributed by atoms with Gasteiger partial charge in [-0.2, -0.15) is 0 Å². The van der Waals surface area contributed by atoms with E-state index in [1.165, 1.54) is 0 Å². The molecule has 0 atom stereocenters. The van der Waals surface area contributed by atoms with Crippen LogP contribution < -0.4 is 10.6 Å². The zero-order chi connectivity index (χ0) is 13.7. The van der Waals surface area contributed by atoms with Gasteiger partial charge in [0.15, 0.2) is 0 Å². The predicted molar refractivity (Wildman–Crippen MR) is 72.0 cm³/mol. The van der Waals surface area contributed by atoms with Crippen LogP contribution >= 0.6 is 0 Å². The van der Waals surface area contributed by atoms with Crippen molar-refractivity contribution in [1.29, 1.82) is 0 Å². The molecule has 0 fully saturated rings. The number of pyridine rings is 1. The fraction of sp³-hybridized carbons (Fsp3) is 0.133. The Kier molecular flexibility index (Phi) is 2.18. The van der Waals surface area contributed by atoms with E-state index in [1.54, 1.807) is 12.3 Å². The first-order chi connectivity index (χ1) is 9.74. The van der Waals surface area contributed by atoms with E-state index in [2.05, 4.69) is 15.6 Å². The minimum Gasteiger partial charge on any atom is -0.348 e. The van der Waals surface area contributed by atoms with Gasteiger partial charge in [-0.05, 0) is 23.8 Å². The third-order valence-electron chi connectivity index (χ3n) is 3.79. The summed E-state index contributed by atoms with van der Waals surface area (Å²) in [6.07, 6.45) is 1.65. The zero-order valence-electron chi connectivity index (χ0n) is 10.6. The van der Waals surface area contributed by atoms with Gasteiger partial charge in [0.05, 0.1) is 5.69 Å². The molecular formula is C15H11N3O2. The highest BCUT2D eigenvalue weighted by molar-refractivity contribution is 6.01. The normalized spacial score (nSPS) is 15.6. The van der Waals surface area contributed by atoms with E-state index in [4.69, 9.17) is 0 Å². The Morgan fingerprint density at radius 1 is 0.950 bits per heavy atom. The van der Waals surface area contributed by atoms with E-state index < -0.39 is 0 Å². The minimum atomic E-state index is -0.0540. The van der Waals surface area contributed by atoms with Crippen molar-refractivity contribution in [3.8, 4) is 11.3 Å². The highest BCUT2D eigenvalue weighted by Crippen LogP contribution is 2.29. The lowest BCUT2D eigenvalue weighted by Gasteiger charge is -2.07. The van der Waals surface area contributed by atoms with Crippen LogP contribution in [0.3, 0.4) is 0 Å². The number of hydrogen-bond acceptors (Lipinski definition) is 3. The molecule has 2 N–H and O–H groups in total. The van der Waals surface area contributed by atoms with Crippen LogP contribution in [0.2, 0.25) is 0 Å². The molecule has 0 radical (unpaired) electrons. The molecule has 5 heteroatoms. The van der Waals surface area contributed by atoms with Crippen LogP contribution in [0.25, 0.3) is 11.3 Å². The van der Waals surface area contributed by atoms with E-state index in [1.807, 2.05) is 18.2 Å². The molecule has 4 rings (SSSR count). The van der Waals surface area contributed by atoms with Gasteiger partial charge in [0.1, 0.15) is 0 Å². The van der Waals surface area contributed by atoms with Crippen molar-refractivity contribution in [1.82, 2.24) is 15.6 Å². The van der Waals surface area contributed by atoms with E-state index in [0.717, 1.165) is 27.9 Å². The lowest BCUT2D eigenvalue weighted by molar-refractivity contribution is 0.0957. The largest absolute Gasteiger partial charge is 0.348 e. The van der Waals surface area contributed by atoms with E-state index in [0.29, 0.717) is 18.7 Å². The summed E-state index contributed by atoms with van der Waals surface area (Å²) in [5, 5.41) is 5.61. The Balaban J connectivity index is 1.87. The number of hydrogen-bond donors (Lipinski definition) is 2. The molecule has 2 aliphatic rings. The lowest BCUT2D eigenvalue weighted by Crippen LogP contribution is -2.12. The average Bonchev–Trinajstić information content (AvgIpc) is 3.03. The predicted octanol–water partition coefficient (Wildman–Crippen LogP) is 1.24. The molecule has 98 valence electrons. The molecule has 0 saturated heterocycles. The molecule has 0 spiro atoms. The van der Waals surface area contributed by atoms with Crippen molar-refractivity contribution in [2.45, 2.75) is 13.1 Å². The summed E-state index contributed by atoms with van der Waals surface area (Å²) in [5.74, 6) is -0.0868. The molecule has 2 aliphatic heterocycles. The van der Waals surface area contributed by atoms with Crippen LogP contribution in [-0.2, 0) is 13.1 Å². The summed E-state index contributed by atoms with van der Waals surface area (Å²) < 4.78 is 0. The standard InChI is InChI=1S/C15H11N3O2/c19-14-10-2-1-8(5-9(10)6-17-14)13-12-7-18-15(20)11(12)3-4-16-13/h1-5H,6-7H2,(H,17,19)(H,18,20). The van der Waals surface area contributed by atoms with Gasteiger partial charge in [0.25, 0.3) is 11.8 Å². The highest BCUT2D eigenvalue weighted by Gasteiger charge is 2.24. The van der Waals surface area contributed by atoms with Gasteiger partial charge in [-0.15, -0.1) is 0 Å². The Bertz CT molecular complexity index is 768. The maximum absolute atomic E-state index is 11.7. The van der Waals surface area contributed by atoms with Crippen molar-refractivity contribution in [2.24, 2.45) is 0 Å². The van der Waals surface area contributed by atoms with Crippen molar-refractivity contribution in [3.05, 3.63) is 52.7 Å². The summed E-state index contributed by atoms with van der Waals surface area (Å²) in [4.78, 5) is 27.6. The summed E-state index contributed by atoms with van der Waals surface area (Å²) >= 11 is 0. The lowest BCUT2D eigenvalue weighted by atomic mass is 9.99. The van der Waals surface area contributed by atoms with Crippen LogP contribution in [0, 0.1) is 0 Å². The molecule has 0 bridgehead atoms. The quantitative estimate of drug-likeness (QED) is 0.814. The van der Waals surface area contributed by atoms with Gasteiger partial charge in [-0.3, -0.25) is 14.6 Å². The van der Waals surface area contributed by atoms with Gasteiger partial charge in [-0.1, -0.05) is 6.07 Å². The fourth-order valence-electron chi connectivity index (χ4n) is 2.78. The molecule has 1 aromatic heterocycles. The number of carbonyl (C=O) groups is 2. The Labute approximate surface area is 115 Å². The second-order valence-electron chi connectivity index (χ2n) is 4.92. The zero-order valence-corrected chi connectivity index (χ0v) is 10.6. The molecule has 3 heterocycles. The molecule has 2 aromatic rings. The SMILES string of the molecule is O=C1NCc2cc(-c3nccc4c3CNC4=O)ccc21. The Morgan fingerprint density at radius 3 is 2.65 bits per heavy atom. The first kappa shape index (κ1) is 11.2. The van der Waals surface area contributed by atoms with Gasteiger partial charge in [0, 0.05) is 41.5 Å². The van der Waals surface area contributed by atoms with E-state index in [-0.39, 0.29) is 11.8 Å². The second kappa shape index (κ2) is 3.90. The molecular weight excluding hydrogens is 254 g/mol. The number of nitrogens with one attached hydrogen (secondary N) is 2. The number of carbonyl (C=O) groups excluding carboxylic acids is 2. The van der Waals surface area contributed by atoms with Crippen LogP contribution in [0.15, 0.2) is 30.5 Å². The Hall–Kier alpha value is -2.69. The van der Waals surface area contributed by atoms with Gasteiger partial charge in [0.2, 0.25) is 0 Å². The number of nitrogens with zero attached hydrogens (tertiary/aromatic N) is 1. The fourth-order valence-corrected chi connectivity index (χ4v) is 2.78. The first-order valence-electron chi connectivity index (χ1n) is 6.41. The smallest absolute Gasteiger partial charge is 0.252 e. The molecule has 0 unspecified atom stereocenters. The van der Waals surface area contributed by atoms with Crippen molar-refractivity contribution in [3.63, 3.8) is 0 Å². The topological polar surface area (TPSA) is 71.1 Å². The van der Waals surface area contributed by atoms with Crippen molar-refractivity contribution in [2.75, 3.05) is 0 Å². The van der Waals surface area contributed by atoms with Gasteiger partial charge >= 0.3 is 0 Å². The monoisotopic (exact) mass is 265 g/mol. The molecule has 5 nitrogen and oxygen atoms in total. The van der Waals surface area contributed by atoms with Gasteiger partial charge < -0.3 is 10.6 Å². The summed E-state index contributed by atoms with van der Waals surface area (Å²) in [5.41, 5.74) is 5.05. The van der Waals surface area contributed by atoms with Crippen molar-refractivity contribution < 1.29 is 9.59 Å². The van der Waals surface area contributed by atoms with E-state index >= 15 is 0 Å². The first-order valence-corrected chi connectivity index (χ1v) is 6.41. The molecule has 20 heavy (non-hydrogen) atoms. The van der Waals surface area contributed by atoms with Gasteiger partial charge in [-0.25, -0.2) is 0 Å². The molecule has 0 saturated carbocycles. The van der Waals surface area contributed by atoms with Crippen LogP contribution in [0.4, 0.5) is 0 Å². The van der Waals surface area contributed by atoms with Crippen LogP contribution in [0.5, 0.6) is 0 Å². The number of benzene rings is 1. The number of fused-ring (bicyclic) bond motifs is 2. The maximum Gasteiger partial charge on any atom is 0.252 e. The molecule has 0 aliphatic carbocycles. The van der Waals surface area contributed by atoms with Crippen LogP contribution in [0.1, 0.15) is 31.8 Å². The maximum atomic E-state index is 11.7. The average molecular weight is 265 g/mol. The second-order valence-corrected chi connectivity index (χ2v) is 4.92. The number of rotatable bonds is 1. The minimum absolute atomic E-state index is 0.0327. The highest BCUT2D eigenvalue weighted by atomic mass is 16.2. The van der Waals surface area contributed by atoms with Crippen molar-refractivity contribution >= 4 is 11.8 Å². The van der Waals surface area contributed by atoms with Crippen LogP contribution in [-0.4, -0.2) is 16.8 Å². The summed E-state index contributed by atoms with van der Waals surface area (Å²) in [6.45, 7) is 1.06. The number of amides is 2. The number of aromatic nitrogens is 1. The summed E-state index contributed by atoms with van der Waals surface area (Å²) in [7, 11) is 0. The third-order valence-corrected chi connectivity index (χ3v) is 3.79. The summed E-state index contributed by atoms with van der Waals surface area (Å²) in [6, 6.07) is 7.41.